The molecule has 0 amide bonds. The predicted molar refractivity (Wildman–Crippen MR) is 39.6 cm³/mol. The minimum Gasteiger partial charge on any atom is -0.396 e. The van der Waals surface area contributed by atoms with Crippen LogP contribution in [0.15, 0.2) is 12.2 Å². The summed E-state index contributed by atoms with van der Waals surface area (Å²) in [5.41, 5.74) is -0.572. The molecule has 58 valence electrons. The fourth-order valence-corrected chi connectivity index (χ4v) is 1.34. The van der Waals surface area contributed by atoms with Crippen LogP contribution in [0.5, 0.6) is 0 Å². The highest BCUT2D eigenvalue weighted by atomic mass is 16.3. The summed E-state index contributed by atoms with van der Waals surface area (Å²) < 4.78 is 0. The Labute approximate surface area is 61.2 Å². The van der Waals surface area contributed by atoms with E-state index in [4.69, 9.17) is 5.11 Å². The molecule has 0 bridgehead atoms. The molecule has 0 aromatic heterocycles. The van der Waals surface area contributed by atoms with Crippen molar-refractivity contribution in [2.24, 2.45) is 5.92 Å². The van der Waals surface area contributed by atoms with Gasteiger partial charge >= 0.3 is 0 Å². The molecule has 0 aromatic carbocycles. The molecule has 2 N–H and O–H groups in total. The first-order valence-electron chi connectivity index (χ1n) is 3.70. The van der Waals surface area contributed by atoms with Crippen LogP contribution in [0.4, 0.5) is 0 Å². The van der Waals surface area contributed by atoms with Crippen molar-refractivity contribution >= 4 is 0 Å². The molecule has 1 aliphatic carbocycles. The molecular formula is C8H14O2. The van der Waals surface area contributed by atoms with Crippen molar-refractivity contribution in [2.45, 2.75) is 25.4 Å². The minimum atomic E-state index is -0.572. The molecule has 10 heavy (non-hydrogen) atoms. The highest BCUT2D eigenvalue weighted by Gasteiger charge is 2.49. The third-order valence-electron chi connectivity index (χ3n) is 2.05. The van der Waals surface area contributed by atoms with E-state index >= 15 is 0 Å². The second-order valence-electron chi connectivity index (χ2n) is 2.90. The van der Waals surface area contributed by atoms with Crippen molar-refractivity contribution in [3.05, 3.63) is 12.2 Å². The predicted octanol–water partition coefficient (Wildman–Crippen LogP) is 0.696. The lowest BCUT2D eigenvalue weighted by Gasteiger charge is -2.00. The van der Waals surface area contributed by atoms with Gasteiger partial charge in [-0.05, 0) is 25.7 Å². The van der Waals surface area contributed by atoms with Crippen LogP contribution >= 0.6 is 0 Å². The zero-order valence-corrected chi connectivity index (χ0v) is 6.25. The van der Waals surface area contributed by atoms with Gasteiger partial charge in [0.15, 0.2) is 0 Å². The first-order valence-corrected chi connectivity index (χ1v) is 3.70. The third-order valence-corrected chi connectivity index (χ3v) is 2.05. The number of hydrogen-bond acceptors (Lipinski definition) is 2. The molecule has 2 nitrogen and oxygen atoms in total. The Balaban J connectivity index is 2.33. The molecule has 0 saturated heterocycles. The molecule has 1 saturated carbocycles. The zero-order chi connectivity index (χ0) is 7.61. The highest BCUT2D eigenvalue weighted by molar-refractivity contribution is 5.16. The van der Waals surface area contributed by atoms with Gasteiger partial charge in [-0.15, -0.1) is 0 Å². The Morgan fingerprint density at radius 2 is 2.40 bits per heavy atom. The smallest absolute Gasteiger partial charge is 0.0861 e. The highest BCUT2D eigenvalue weighted by Crippen LogP contribution is 2.46. The van der Waals surface area contributed by atoms with Gasteiger partial charge in [0.2, 0.25) is 0 Å². The van der Waals surface area contributed by atoms with E-state index in [0.717, 1.165) is 12.8 Å². The van der Waals surface area contributed by atoms with Crippen molar-refractivity contribution in [2.75, 3.05) is 6.61 Å². The van der Waals surface area contributed by atoms with E-state index < -0.39 is 5.60 Å². The van der Waals surface area contributed by atoms with Crippen LogP contribution in [0.3, 0.4) is 0 Å². The first kappa shape index (κ1) is 7.76. The molecule has 0 unspecified atom stereocenters. The summed E-state index contributed by atoms with van der Waals surface area (Å²) in [5, 5.41) is 18.1. The average Bonchev–Trinajstić information content (AvgIpc) is 2.44. The second-order valence-corrected chi connectivity index (χ2v) is 2.90. The minimum absolute atomic E-state index is 0.185. The molecule has 0 aliphatic heterocycles. The summed E-state index contributed by atoms with van der Waals surface area (Å²) in [5.74, 6) is 0.300. The van der Waals surface area contributed by atoms with Gasteiger partial charge in [-0.2, -0.15) is 0 Å². The molecule has 2 heteroatoms. The molecule has 0 radical (unpaired) electrons. The zero-order valence-electron chi connectivity index (χ0n) is 6.25. The summed E-state index contributed by atoms with van der Waals surface area (Å²) in [4.78, 5) is 0. The van der Waals surface area contributed by atoms with E-state index in [2.05, 4.69) is 0 Å². The Morgan fingerprint density at radius 1 is 1.70 bits per heavy atom. The van der Waals surface area contributed by atoms with Gasteiger partial charge < -0.3 is 10.2 Å². The van der Waals surface area contributed by atoms with Gasteiger partial charge in [0.1, 0.15) is 0 Å². The summed E-state index contributed by atoms with van der Waals surface area (Å²) >= 11 is 0. The van der Waals surface area contributed by atoms with E-state index in [-0.39, 0.29) is 6.61 Å². The Kier molecular flexibility index (Phi) is 2.11. The van der Waals surface area contributed by atoms with Crippen LogP contribution in [0.25, 0.3) is 0 Å². The summed E-state index contributed by atoms with van der Waals surface area (Å²) in [6.07, 6.45) is 5.21. The van der Waals surface area contributed by atoms with Gasteiger partial charge in [0.25, 0.3) is 0 Å². The van der Waals surface area contributed by atoms with Crippen LogP contribution in [-0.2, 0) is 0 Å². The first-order chi connectivity index (χ1) is 4.73. The lowest BCUT2D eigenvalue weighted by atomic mass is 10.2. The van der Waals surface area contributed by atoms with Crippen LogP contribution in [0, 0.1) is 5.92 Å². The Morgan fingerprint density at radius 3 is 2.90 bits per heavy atom. The second kappa shape index (κ2) is 2.72. The summed E-state index contributed by atoms with van der Waals surface area (Å²) in [6.45, 7) is 2.08. The molecule has 0 spiro atoms. The molecule has 1 aliphatic rings. The molecule has 0 aromatic rings. The van der Waals surface area contributed by atoms with Gasteiger partial charge in [-0.25, -0.2) is 0 Å². The van der Waals surface area contributed by atoms with Crippen LogP contribution in [0.1, 0.15) is 19.8 Å². The van der Waals surface area contributed by atoms with E-state index in [1.165, 1.54) is 0 Å². The summed E-state index contributed by atoms with van der Waals surface area (Å²) in [6, 6.07) is 0. The van der Waals surface area contributed by atoms with E-state index in [0.29, 0.717) is 5.92 Å². The standard InChI is InChI=1S/C8H14O2/c1-2-4-8(10)6-7(8)3-5-9/h2,4,7,9-10H,3,5-6H2,1H3/b4-2+/t7-,8+/m0/s1. The maximum absolute atomic E-state index is 9.52. The van der Waals surface area contributed by atoms with Gasteiger partial charge in [-0.3, -0.25) is 0 Å². The maximum Gasteiger partial charge on any atom is 0.0861 e. The summed E-state index contributed by atoms with van der Waals surface area (Å²) in [7, 11) is 0. The number of rotatable bonds is 3. The van der Waals surface area contributed by atoms with Crippen molar-refractivity contribution in [1.29, 1.82) is 0 Å². The lowest BCUT2D eigenvalue weighted by Crippen LogP contribution is -2.06. The number of hydrogen-bond donors (Lipinski definition) is 2. The SMILES string of the molecule is C/C=C/[C@@]1(O)C[C@@H]1CCO. The van der Waals surface area contributed by atoms with Gasteiger partial charge in [0, 0.05) is 6.61 Å². The van der Waals surface area contributed by atoms with E-state index in [9.17, 15) is 5.11 Å². The molecule has 0 heterocycles. The molecule has 1 fully saturated rings. The number of aliphatic hydroxyl groups excluding tert-OH is 1. The fourth-order valence-electron chi connectivity index (χ4n) is 1.34. The number of aliphatic hydroxyl groups is 2. The Hall–Kier alpha value is -0.340. The monoisotopic (exact) mass is 142 g/mol. The Bertz CT molecular complexity index is 142. The van der Waals surface area contributed by atoms with Crippen LogP contribution in [0.2, 0.25) is 0 Å². The van der Waals surface area contributed by atoms with E-state index in [1.54, 1.807) is 0 Å². The third kappa shape index (κ3) is 1.39. The van der Waals surface area contributed by atoms with Crippen molar-refractivity contribution < 1.29 is 10.2 Å². The number of allylic oxidation sites excluding steroid dienone is 1. The lowest BCUT2D eigenvalue weighted by molar-refractivity contribution is 0.169. The van der Waals surface area contributed by atoms with Crippen LogP contribution in [-0.4, -0.2) is 22.4 Å². The van der Waals surface area contributed by atoms with Crippen LogP contribution < -0.4 is 0 Å². The topological polar surface area (TPSA) is 40.5 Å². The van der Waals surface area contributed by atoms with Crippen molar-refractivity contribution in [3.63, 3.8) is 0 Å². The van der Waals surface area contributed by atoms with Crippen molar-refractivity contribution in [1.82, 2.24) is 0 Å². The van der Waals surface area contributed by atoms with E-state index in [1.807, 2.05) is 19.1 Å². The quantitative estimate of drug-likeness (QED) is 0.569. The maximum atomic E-state index is 9.52. The normalized spacial score (nSPS) is 38.9. The molecule has 2 atom stereocenters. The molecular weight excluding hydrogens is 128 g/mol. The van der Waals surface area contributed by atoms with Crippen molar-refractivity contribution in [3.8, 4) is 0 Å². The van der Waals surface area contributed by atoms with Gasteiger partial charge in [-0.1, -0.05) is 12.2 Å². The average molecular weight is 142 g/mol. The van der Waals surface area contributed by atoms with Gasteiger partial charge in [0.05, 0.1) is 5.60 Å². The molecule has 1 rings (SSSR count). The fraction of sp³-hybridized carbons (Fsp3) is 0.750. The largest absolute Gasteiger partial charge is 0.396 e.